The molecule has 1 aliphatic heterocycles. The normalized spacial score (nSPS) is 19.9. The Hall–Kier alpha value is -1.61. The van der Waals surface area contributed by atoms with Crippen LogP contribution < -0.4 is 16.6 Å². The lowest BCUT2D eigenvalue weighted by Gasteiger charge is -2.14. The molecule has 0 bridgehead atoms. The summed E-state index contributed by atoms with van der Waals surface area (Å²) < 4.78 is 42.8. The zero-order valence-corrected chi connectivity index (χ0v) is 9.29. The predicted octanol–water partition coefficient (Wildman–Crippen LogP) is 0.982. The first-order valence-corrected chi connectivity index (χ1v) is 5.26. The molecule has 0 spiro atoms. The number of nitrogen functional groups attached to an aromatic ring is 1. The number of alkyl halides is 3. The Morgan fingerprint density at radius 1 is 1.33 bits per heavy atom. The molecule has 1 aliphatic rings. The van der Waals surface area contributed by atoms with Crippen molar-refractivity contribution in [2.75, 3.05) is 24.0 Å². The summed E-state index contributed by atoms with van der Waals surface area (Å²) in [6.07, 6.45) is -3.90. The maximum absolute atomic E-state index is 12.6. The Morgan fingerprint density at radius 2 is 2.06 bits per heavy atom. The molecule has 0 aromatic carbocycles. The molecule has 0 amide bonds. The summed E-state index contributed by atoms with van der Waals surface area (Å²) in [7, 11) is 0. The number of nitrogens with two attached hydrogens (primary N) is 1. The summed E-state index contributed by atoms with van der Waals surface area (Å²) in [6, 6.07) is 1.26. The first-order valence-electron chi connectivity index (χ1n) is 5.26. The van der Waals surface area contributed by atoms with E-state index < -0.39 is 12.0 Å². The predicted molar refractivity (Wildman–Crippen MR) is 57.7 cm³/mol. The van der Waals surface area contributed by atoms with Crippen molar-refractivity contribution >= 4 is 11.6 Å². The summed E-state index contributed by atoms with van der Waals surface area (Å²) in [5, 5.41) is 2.86. The number of aromatic nitrogens is 2. The lowest BCUT2D eigenvalue weighted by atomic mass is 10.2. The Bertz CT molecular complexity index is 419. The van der Waals surface area contributed by atoms with Crippen LogP contribution in [0.1, 0.15) is 12.2 Å². The number of ether oxygens (including phenoxy) is 1. The molecule has 1 fully saturated rings. The van der Waals surface area contributed by atoms with Crippen LogP contribution in [-0.4, -0.2) is 29.2 Å². The third kappa shape index (κ3) is 2.99. The largest absolute Gasteiger partial charge is 0.451 e. The average Bonchev–Trinajstić information content (AvgIpc) is 2.80. The van der Waals surface area contributed by atoms with Crippen molar-refractivity contribution in [3.8, 4) is 0 Å². The lowest BCUT2D eigenvalue weighted by Crippen LogP contribution is -2.22. The van der Waals surface area contributed by atoms with Gasteiger partial charge in [0.15, 0.2) is 0 Å². The Labute approximate surface area is 101 Å². The van der Waals surface area contributed by atoms with Crippen LogP contribution in [-0.2, 0) is 10.9 Å². The zero-order chi connectivity index (χ0) is 13.2. The van der Waals surface area contributed by atoms with Gasteiger partial charge in [-0.1, -0.05) is 0 Å². The fraction of sp³-hybridized carbons (Fsp3) is 0.556. The van der Waals surface area contributed by atoms with E-state index in [1.807, 2.05) is 0 Å². The summed E-state index contributed by atoms with van der Waals surface area (Å²) in [5.41, 5.74) is 2.08. The van der Waals surface area contributed by atoms with Crippen LogP contribution in [0.2, 0.25) is 0 Å². The molecule has 1 saturated heterocycles. The zero-order valence-electron chi connectivity index (χ0n) is 9.29. The fourth-order valence-electron chi connectivity index (χ4n) is 1.58. The van der Waals surface area contributed by atoms with Crippen LogP contribution >= 0.6 is 0 Å². The maximum Gasteiger partial charge on any atom is 0.451 e. The first-order chi connectivity index (χ1) is 8.49. The molecule has 18 heavy (non-hydrogen) atoms. The summed E-state index contributed by atoms with van der Waals surface area (Å²) in [5.74, 6) is 3.81. The molecule has 2 heterocycles. The number of hydrogen-bond donors (Lipinski definition) is 3. The standard InChI is InChI=1S/C9H12F3N5O/c10-9(11,12)8-15-6(3-7(16-8)17-13)14-5-1-2-18-4-5/h3,5H,1-2,4,13H2,(H2,14,15,16,17). The molecule has 1 aromatic heterocycles. The Kier molecular flexibility index (Phi) is 3.53. The SMILES string of the molecule is NNc1cc(NC2CCOC2)nc(C(F)(F)F)n1. The third-order valence-electron chi connectivity index (χ3n) is 2.41. The molecule has 4 N–H and O–H groups in total. The molecular formula is C9H12F3N5O. The van der Waals surface area contributed by atoms with Crippen LogP contribution in [0.15, 0.2) is 6.07 Å². The Morgan fingerprint density at radius 3 is 2.61 bits per heavy atom. The second-order valence-electron chi connectivity index (χ2n) is 3.81. The van der Waals surface area contributed by atoms with Crippen molar-refractivity contribution in [2.45, 2.75) is 18.6 Å². The molecule has 1 atom stereocenters. The van der Waals surface area contributed by atoms with E-state index >= 15 is 0 Å². The molecule has 2 rings (SSSR count). The Balaban J connectivity index is 2.23. The first kappa shape index (κ1) is 12.8. The number of nitrogens with zero attached hydrogens (tertiary/aromatic N) is 2. The molecule has 0 radical (unpaired) electrons. The number of hydrogen-bond acceptors (Lipinski definition) is 6. The van der Waals surface area contributed by atoms with Crippen LogP contribution in [0.4, 0.5) is 24.8 Å². The second kappa shape index (κ2) is 4.94. The van der Waals surface area contributed by atoms with Crippen molar-refractivity contribution in [1.82, 2.24) is 9.97 Å². The highest BCUT2D eigenvalue weighted by molar-refractivity contribution is 5.47. The fourth-order valence-corrected chi connectivity index (χ4v) is 1.58. The van der Waals surface area contributed by atoms with Gasteiger partial charge < -0.3 is 15.5 Å². The van der Waals surface area contributed by atoms with Crippen LogP contribution in [0.3, 0.4) is 0 Å². The van der Waals surface area contributed by atoms with Gasteiger partial charge in [0.25, 0.3) is 0 Å². The average molecular weight is 263 g/mol. The van der Waals surface area contributed by atoms with E-state index in [1.165, 1.54) is 6.07 Å². The van der Waals surface area contributed by atoms with Gasteiger partial charge in [-0.25, -0.2) is 15.8 Å². The van der Waals surface area contributed by atoms with E-state index in [0.717, 1.165) is 6.42 Å². The smallest absolute Gasteiger partial charge is 0.379 e. The van der Waals surface area contributed by atoms with Crippen LogP contribution in [0, 0.1) is 0 Å². The van der Waals surface area contributed by atoms with Crippen molar-refractivity contribution in [3.05, 3.63) is 11.9 Å². The minimum atomic E-state index is -4.62. The van der Waals surface area contributed by atoms with E-state index in [1.54, 1.807) is 0 Å². The van der Waals surface area contributed by atoms with Gasteiger partial charge in [0.2, 0.25) is 5.82 Å². The highest BCUT2D eigenvalue weighted by atomic mass is 19.4. The third-order valence-corrected chi connectivity index (χ3v) is 2.41. The minimum absolute atomic E-state index is 0.0494. The molecular weight excluding hydrogens is 251 g/mol. The van der Waals surface area contributed by atoms with E-state index in [-0.39, 0.29) is 17.7 Å². The molecule has 9 heteroatoms. The summed E-state index contributed by atoms with van der Waals surface area (Å²) >= 11 is 0. The number of anilines is 2. The summed E-state index contributed by atoms with van der Waals surface area (Å²) in [4.78, 5) is 6.67. The minimum Gasteiger partial charge on any atom is -0.379 e. The van der Waals surface area contributed by atoms with Gasteiger partial charge in [-0.3, -0.25) is 0 Å². The van der Waals surface area contributed by atoms with E-state index in [0.29, 0.717) is 13.2 Å². The molecule has 1 aromatic rings. The highest BCUT2D eigenvalue weighted by Gasteiger charge is 2.35. The van der Waals surface area contributed by atoms with Crippen LogP contribution in [0.5, 0.6) is 0 Å². The van der Waals surface area contributed by atoms with Gasteiger partial charge >= 0.3 is 6.18 Å². The lowest BCUT2D eigenvalue weighted by molar-refractivity contribution is -0.144. The molecule has 6 nitrogen and oxygen atoms in total. The van der Waals surface area contributed by atoms with E-state index in [4.69, 9.17) is 10.6 Å². The van der Waals surface area contributed by atoms with Gasteiger partial charge in [0, 0.05) is 12.7 Å². The van der Waals surface area contributed by atoms with Crippen molar-refractivity contribution in [2.24, 2.45) is 5.84 Å². The van der Waals surface area contributed by atoms with Gasteiger partial charge in [0.05, 0.1) is 12.6 Å². The maximum atomic E-state index is 12.6. The number of halogens is 3. The van der Waals surface area contributed by atoms with E-state index in [2.05, 4.69) is 20.7 Å². The number of hydrazine groups is 1. The topological polar surface area (TPSA) is 85.1 Å². The van der Waals surface area contributed by atoms with Crippen molar-refractivity contribution in [3.63, 3.8) is 0 Å². The molecule has 1 unspecified atom stereocenters. The quantitative estimate of drug-likeness (QED) is 0.557. The van der Waals surface area contributed by atoms with Gasteiger partial charge in [-0.05, 0) is 6.42 Å². The van der Waals surface area contributed by atoms with Crippen LogP contribution in [0.25, 0.3) is 0 Å². The highest BCUT2D eigenvalue weighted by Crippen LogP contribution is 2.28. The van der Waals surface area contributed by atoms with E-state index in [9.17, 15) is 13.2 Å². The second-order valence-corrected chi connectivity index (χ2v) is 3.81. The van der Waals surface area contributed by atoms with Gasteiger partial charge in [-0.2, -0.15) is 13.2 Å². The van der Waals surface area contributed by atoms with Gasteiger partial charge in [0.1, 0.15) is 11.6 Å². The molecule has 0 saturated carbocycles. The monoisotopic (exact) mass is 263 g/mol. The molecule has 0 aliphatic carbocycles. The molecule has 100 valence electrons. The van der Waals surface area contributed by atoms with Crippen molar-refractivity contribution in [1.29, 1.82) is 0 Å². The number of rotatable bonds is 3. The summed E-state index contributed by atoms with van der Waals surface area (Å²) in [6.45, 7) is 1.02. The number of nitrogens with one attached hydrogen (secondary N) is 2. The van der Waals surface area contributed by atoms with Gasteiger partial charge in [-0.15, -0.1) is 0 Å². The van der Waals surface area contributed by atoms with Crippen molar-refractivity contribution < 1.29 is 17.9 Å².